The Kier molecular flexibility index (Phi) is 4.16. The van der Waals surface area contributed by atoms with Crippen molar-refractivity contribution >= 4 is 10.9 Å². The zero-order valence-electron chi connectivity index (χ0n) is 14.1. The molecule has 0 atom stereocenters. The lowest BCUT2D eigenvalue weighted by Gasteiger charge is -2.13. The van der Waals surface area contributed by atoms with Gasteiger partial charge < -0.3 is 19.3 Å². The van der Waals surface area contributed by atoms with E-state index in [0.29, 0.717) is 17.2 Å². The number of ether oxygens (including phenoxy) is 3. The van der Waals surface area contributed by atoms with Gasteiger partial charge in [0.15, 0.2) is 11.5 Å². The molecule has 2 aromatic carbocycles. The fourth-order valence-corrected chi connectivity index (χ4v) is 2.75. The van der Waals surface area contributed by atoms with Crippen LogP contribution in [0.5, 0.6) is 23.0 Å². The minimum Gasteiger partial charge on any atom is -0.508 e. The summed E-state index contributed by atoms with van der Waals surface area (Å²) in [6.07, 6.45) is 0. The predicted octanol–water partition coefficient (Wildman–Crippen LogP) is 3.94. The molecule has 0 saturated heterocycles. The van der Waals surface area contributed by atoms with E-state index in [-0.39, 0.29) is 5.75 Å². The molecule has 0 bridgehead atoms. The van der Waals surface area contributed by atoms with E-state index in [9.17, 15) is 5.11 Å². The Balaban J connectivity index is 2.24. The summed E-state index contributed by atoms with van der Waals surface area (Å²) < 4.78 is 16.1. The molecule has 0 amide bonds. The smallest absolute Gasteiger partial charge is 0.162 e. The van der Waals surface area contributed by atoms with Gasteiger partial charge in [-0.15, -0.1) is 0 Å². The highest BCUT2D eigenvalue weighted by atomic mass is 16.5. The molecule has 1 N–H and O–H groups in total. The molecule has 0 aliphatic carbocycles. The molecule has 0 radical (unpaired) electrons. The van der Waals surface area contributed by atoms with Gasteiger partial charge in [-0.1, -0.05) is 0 Å². The van der Waals surface area contributed by atoms with Gasteiger partial charge in [-0.3, -0.25) is 0 Å². The molecule has 1 heterocycles. The summed E-state index contributed by atoms with van der Waals surface area (Å²) in [5.41, 5.74) is 3.45. The highest BCUT2D eigenvalue weighted by molar-refractivity contribution is 5.88. The number of hydrogen-bond donors (Lipinski definition) is 1. The van der Waals surface area contributed by atoms with Crippen molar-refractivity contribution in [2.45, 2.75) is 6.92 Å². The lowest BCUT2D eigenvalue weighted by molar-refractivity contribution is 0.356. The number of methoxy groups -OCH3 is 3. The normalized spacial score (nSPS) is 10.7. The van der Waals surface area contributed by atoms with Gasteiger partial charge in [0.1, 0.15) is 11.5 Å². The van der Waals surface area contributed by atoms with E-state index in [0.717, 1.165) is 27.7 Å². The van der Waals surface area contributed by atoms with E-state index in [4.69, 9.17) is 19.2 Å². The van der Waals surface area contributed by atoms with E-state index in [2.05, 4.69) is 0 Å². The number of phenolic OH excluding ortho intramolecular Hbond substituents is 1. The van der Waals surface area contributed by atoms with Crippen molar-refractivity contribution in [2.24, 2.45) is 0 Å². The monoisotopic (exact) mass is 325 g/mol. The zero-order chi connectivity index (χ0) is 17.3. The summed E-state index contributed by atoms with van der Waals surface area (Å²) >= 11 is 0. The number of pyridine rings is 1. The van der Waals surface area contributed by atoms with Crippen molar-refractivity contribution in [1.82, 2.24) is 4.98 Å². The van der Waals surface area contributed by atoms with Crippen LogP contribution < -0.4 is 14.2 Å². The molecular weight excluding hydrogens is 306 g/mol. The number of nitrogens with zero attached hydrogens (tertiary/aromatic N) is 1. The Morgan fingerprint density at radius 2 is 1.50 bits per heavy atom. The van der Waals surface area contributed by atoms with Gasteiger partial charge in [0.25, 0.3) is 0 Å². The second kappa shape index (κ2) is 6.28. The Hall–Kier alpha value is -2.95. The average molecular weight is 325 g/mol. The van der Waals surface area contributed by atoms with Crippen molar-refractivity contribution in [3.63, 3.8) is 0 Å². The van der Waals surface area contributed by atoms with Crippen molar-refractivity contribution < 1.29 is 19.3 Å². The summed E-state index contributed by atoms with van der Waals surface area (Å²) in [5.74, 6) is 2.03. The van der Waals surface area contributed by atoms with Crippen molar-refractivity contribution in [1.29, 1.82) is 0 Å². The van der Waals surface area contributed by atoms with Crippen molar-refractivity contribution in [3.05, 3.63) is 42.0 Å². The molecule has 5 nitrogen and oxygen atoms in total. The topological polar surface area (TPSA) is 60.8 Å². The van der Waals surface area contributed by atoms with E-state index in [1.54, 1.807) is 39.5 Å². The first-order valence-corrected chi connectivity index (χ1v) is 7.48. The number of phenols is 1. The lowest BCUT2D eigenvalue weighted by Crippen LogP contribution is -1.95. The third-order valence-electron chi connectivity index (χ3n) is 3.98. The quantitative estimate of drug-likeness (QED) is 0.787. The molecule has 5 heteroatoms. The summed E-state index contributed by atoms with van der Waals surface area (Å²) in [6, 6.07) is 10.8. The van der Waals surface area contributed by atoms with Gasteiger partial charge in [-0.2, -0.15) is 0 Å². The molecule has 0 aliphatic heterocycles. The van der Waals surface area contributed by atoms with Crippen LogP contribution in [0.25, 0.3) is 22.2 Å². The molecular formula is C19H19NO4. The van der Waals surface area contributed by atoms with E-state index >= 15 is 0 Å². The average Bonchev–Trinajstić information content (AvgIpc) is 2.60. The van der Waals surface area contributed by atoms with Crippen LogP contribution in [0.4, 0.5) is 0 Å². The molecule has 0 fully saturated rings. The Bertz CT molecular complexity index is 905. The van der Waals surface area contributed by atoms with Gasteiger partial charge in [-0.05, 0) is 36.8 Å². The first-order valence-electron chi connectivity index (χ1n) is 7.48. The number of hydrogen-bond acceptors (Lipinski definition) is 5. The maximum atomic E-state index is 9.64. The molecule has 3 aromatic rings. The standard InChI is InChI=1S/C19H19NO4/c1-11-7-15(13-6-5-12(21)8-17(13)22-2)20-16-10-19(24-4)18(23-3)9-14(11)16/h5-10,21H,1-4H3. The molecule has 0 unspecified atom stereocenters. The van der Waals surface area contributed by atoms with Crippen LogP contribution in [0.3, 0.4) is 0 Å². The summed E-state index contributed by atoms with van der Waals surface area (Å²) in [4.78, 5) is 4.73. The van der Waals surface area contributed by atoms with Crippen LogP contribution in [0.1, 0.15) is 5.56 Å². The number of rotatable bonds is 4. The minimum atomic E-state index is 0.152. The number of fused-ring (bicyclic) bond motifs is 1. The highest BCUT2D eigenvalue weighted by Gasteiger charge is 2.13. The first kappa shape index (κ1) is 15.9. The highest BCUT2D eigenvalue weighted by Crippen LogP contribution is 2.37. The van der Waals surface area contributed by atoms with Crippen LogP contribution in [-0.4, -0.2) is 31.4 Å². The molecule has 124 valence electrons. The van der Waals surface area contributed by atoms with E-state index in [1.807, 2.05) is 25.1 Å². The lowest BCUT2D eigenvalue weighted by atomic mass is 10.0. The Morgan fingerprint density at radius 1 is 0.833 bits per heavy atom. The van der Waals surface area contributed by atoms with Crippen LogP contribution in [-0.2, 0) is 0 Å². The first-order chi connectivity index (χ1) is 11.6. The minimum absolute atomic E-state index is 0.152. The van der Waals surface area contributed by atoms with Gasteiger partial charge in [-0.25, -0.2) is 4.98 Å². The van der Waals surface area contributed by atoms with Crippen molar-refractivity contribution in [2.75, 3.05) is 21.3 Å². The largest absolute Gasteiger partial charge is 0.508 e. The second-order valence-corrected chi connectivity index (χ2v) is 5.43. The second-order valence-electron chi connectivity index (χ2n) is 5.43. The van der Waals surface area contributed by atoms with Gasteiger partial charge in [0.2, 0.25) is 0 Å². The fourth-order valence-electron chi connectivity index (χ4n) is 2.75. The Morgan fingerprint density at radius 3 is 2.17 bits per heavy atom. The van der Waals surface area contributed by atoms with Crippen molar-refractivity contribution in [3.8, 4) is 34.3 Å². The SMILES string of the molecule is COc1cc2nc(-c3ccc(O)cc3OC)cc(C)c2cc1OC. The maximum absolute atomic E-state index is 9.64. The predicted molar refractivity (Wildman–Crippen MR) is 93.2 cm³/mol. The number of aryl methyl sites for hydroxylation is 1. The van der Waals surface area contributed by atoms with Crippen LogP contribution in [0.2, 0.25) is 0 Å². The van der Waals surface area contributed by atoms with Crippen LogP contribution in [0, 0.1) is 6.92 Å². The number of aromatic hydroxyl groups is 1. The zero-order valence-corrected chi connectivity index (χ0v) is 14.1. The third kappa shape index (κ3) is 2.69. The third-order valence-corrected chi connectivity index (χ3v) is 3.98. The molecule has 24 heavy (non-hydrogen) atoms. The van der Waals surface area contributed by atoms with E-state index < -0.39 is 0 Å². The summed E-state index contributed by atoms with van der Waals surface area (Å²) in [7, 11) is 4.78. The molecule has 0 saturated carbocycles. The Labute approximate surface area is 140 Å². The van der Waals surface area contributed by atoms with Crippen LogP contribution >= 0.6 is 0 Å². The number of benzene rings is 2. The van der Waals surface area contributed by atoms with Gasteiger partial charge in [0.05, 0.1) is 32.5 Å². The molecule has 0 aliphatic rings. The van der Waals surface area contributed by atoms with Gasteiger partial charge >= 0.3 is 0 Å². The summed E-state index contributed by atoms with van der Waals surface area (Å²) in [5, 5.41) is 10.6. The molecule has 1 aromatic heterocycles. The van der Waals surface area contributed by atoms with Gasteiger partial charge in [0, 0.05) is 23.1 Å². The molecule has 3 rings (SSSR count). The van der Waals surface area contributed by atoms with E-state index in [1.165, 1.54) is 0 Å². The fraction of sp³-hybridized carbons (Fsp3) is 0.211. The maximum Gasteiger partial charge on any atom is 0.162 e. The molecule has 0 spiro atoms. The number of aromatic nitrogens is 1. The van der Waals surface area contributed by atoms with Crippen LogP contribution in [0.15, 0.2) is 36.4 Å². The summed E-state index contributed by atoms with van der Waals surface area (Å²) in [6.45, 7) is 2.02.